The van der Waals surface area contributed by atoms with Gasteiger partial charge in [0.2, 0.25) is 0 Å². The molecule has 5 heteroatoms. The number of nitrogens with zero attached hydrogens (tertiary/aromatic N) is 2. The fraction of sp³-hybridized carbons (Fsp3) is 0.294. The minimum absolute atomic E-state index is 0.177. The zero-order valence-electron chi connectivity index (χ0n) is 12.8. The first-order chi connectivity index (χ1) is 10.6. The van der Waals surface area contributed by atoms with Crippen LogP contribution in [-0.2, 0) is 6.54 Å². The van der Waals surface area contributed by atoms with Gasteiger partial charge in [-0.15, -0.1) is 6.42 Å². The van der Waals surface area contributed by atoms with Crippen molar-refractivity contribution in [3.05, 3.63) is 48.3 Å². The predicted octanol–water partition coefficient (Wildman–Crippen LogP) is 2.71. The van der Waals surface area contributed by atoms with Gasteiger partial charge in [-0.1, -0.05) is 50.1 Å². The fourth-order valence-corrected chi connectivity index (χ4v) is 1.99. The largest absolute Gasteiger partial charge is 0.324 e. The molecule has 0 fully saturated rings. The van der Waals surface area contributed by atoms with Crippen molar-refractivity contribution in [1.82, 2.24) is 15.1 Å². The van der Waals surface area contributed by atoms with Crippen molar-refractivity contribution >= 4 is 11.7 Å². The number of aromatic nitrogens is 2. The molecule has 0 saturated heterocycles. The van der Waals surface area contributed by atoms with E-state index in [4.69, 9.17) is 6.42 Å². The Morgan fingerprint density at radius 2 is 2.09 bits per heavy atom. The average Bonchev–Trinajstić information content (AvgIpc) is 2.92. The second kappa shape index (κ2) is 7.32. The van der Waals surface area contributed by atoms with Gasteiger partial charge >= 0.3 is 6.03 Å². The van der Waals surface area contributed by atoms with E-state index in [0.29, 0.717) is 12.2 Å². The molecular weight excluding hydrogens is 276 g/mol. The van der Waals surface area contributed by atoms with Crippen LogP contribution in [0.25, 0.3) is 0 Å². The summed E-state index contributed by atoms with van der Waals surface area (Å²) >= 11 is 0. The summed E-state index contributed by atoms with van der Waals surface area (Å²) in [5.41, 5.74) is 1.78. The van der Waals surface area contributed by atoms with Gasteiger partial charge in [-0.2, -0.15) is 5.10 Å². The summed E-state index contributed by atoms with van der Waals surface area (Å²) in [6.45, 7) is 4.58. The van der Waals surface area contributed by atoms with Crippen LogP contribution in [0.2, 0.25) is 0 Å². The Morgan fingerprint density at radius 1 is 1.36 bits per heavy atom. The molecule has 0 aliphatic carbocycles. The van der Waals surface area contributed by atoms with E-state index in [1.165, 1.54) is 0 Å². The molecule has 114 valence electrons. The van der Waals surface area contributed by atoms with Crippen molar-refractivity contribution < 1.29 is 4.79 Å². The molecule has 0 saturated carbocycles. The van der Waals surface area contributed by atoms with E-state index >= 15 is 0 Å². The number of rotatable bonds is 5. The highest BCUT2D eigenvalue weighted by Gasteiger charge is 2.13. The van der Waals surface area contributed by atoms with E-state index in [-0.39, 0.29) is 18.0 Å². The third-order valence-electron chi connectivity index (χ3n) is 3.21. The standard InChI is InChI=1S/C17H20N4O/c1-4-16(13(2)3)20-17(22)19-15-10-18-21(12-15)11-14-8-6-5-7-9-14/h1,5-10,12-13,16H,11H2,2-3H3,(H2,19,20,22)/t16-/m1/s1. The van der Waals surface area contributed by atoms with E-state index in [9.17, 15) is 4.79 Å². The number of carbonyl (C=O) groups is 1. The molecule has 5 nitrogen and oxygen atoms in total. The van der Waals surface area contributed by atoms with Gasteiger partial charge in [-0.05, 0) is 11.5 Å². The lowest BCUT2D eigenvalue weighted by Crippen LogP contribution is -2.40. The Labute approximate surface area is 130 Å². The number of terminal acetylenes is 1. The second-order valence-corrected chi connectivity index (χ2v) is 5.40. The summed E-state index contributed by atoms with van der Waals surface area (Å²) in [7, 11) is 0. The fourth-order valence-electron chi connectivity index (χ4n) is 1.99. The highest BCUT2D eigenvalue weighted by Crippen LogP contribution is 2.08. The summed E-state index contributed by atoms with van der Waals surface area (Å²) in [4.78, 5) is 11.9. The van der Waals surface area contributed by atoms with Crippen molar-refractivity contribution in [2.45, 2.75) is 26.4 Å². The Bertz CT molecular complexity index is 655. The molecule has 2 N–H and O–H groups in total. The van der Waals surface area contributed by atoms with E-state index in [1.54, 1.807) is 17.1 Å². The van der Waals surface area contributed by atoms with Crippen LogP contribution in [0.1, 0.15) is 19.4 Å². The van der Waals surface area contributed by atoms with Gasteiger partial charge in [0, 0.05) is 6.20 Å². The number of benzene rings is 1. The minimum atomic E-state index is -0.323. The molecule has 1 heterocycles. The molecule has 1 atom stereocenters. The summed E-state index contributed by atoms with van der Waals surface area (Å²) in [5, 5.41) is 9.72. The summed E-state index contributed by atoms with van der Waals surface area (Å²) in [6, 6.07) is 9.38. The highest BCUT2D eigenvalue weighted by atomic mass is 16.2. The Kier molecular flexibility index (Phi) is 5.21. The molecule has 2 amide bonds. The Morgan fingerprint density at radius 3 is 2.73 bits per heavy atom. The third kappa shape index (κ3) is 4.38. The molecule has 2 rings (SSSR count). The van der Waals surface area contributed by atoms with E-state index in [1.807, 2.05) is 44.2 Å². The molecule has 0 aliphatic rings. The van der Waals surface area contributed by atoms with Crippen molar-refractivity contribution in [2.24, 2.45) is 5.92 Å². The van der Waals surface area contributed by atoms with Gasteiger partial charge in [0.15, 0.2) is 0 Å². The Balaban J connectivity index is 1.92. The van der Waals surface area contributed by atoms with Crippen molar-refractivity contribution in [1.29, 1.82) is 0 Å². The monoisotopic (exact) mass is 296 g/mol. The van der Waals surface area contributed by atoms with Crippen molar-refractivity contribution in [2.75, 3.05) is 5.32 Å². The van der Waals surface area contributed by atoms with Crippen LogP contribution >= 0.6 is 0 Å². The number of carbonyl (C=O) groups excluding carboxylic acids is 1. The maximum atomic E-state index is 11.9. The van der Waals surface area contributed by atoms with Crippen LogP contribution in [0.5, 0.6) is 0 Å². The predicted molar refractivity (Wildman–Crippen MR) is 87.4 cm³/mol. The number of amides is 2. The third-order valence-corrected chi connectivity index (χ3v) is 3.21. The number of anilines is 1. The summed E-state index contributed by atoms with van der Waals surface area (Å²) < 4.78 is 1.77. The topological polar surface area (TPSA) is 59.0 Å². The zero-order chi connectivity index (χ0) is 15.9. The molecule has 0 radical (unpaired) electrons. The van der Waals surface area contributed by atoms with Crippen LogP contribution in [0.3, 0.4) is 0 Å². The van der Waals surface area contributed by atoms with Gasteiger partial charge in [-0.25, -0.2) is 4.79 Å². The zero-order valence-corrected chi connectivity index (χ0v) is 12.8. The Hall–Kier alpha value is -2.74. The SMILES string of the molecule is C#C[C@@H](NC(=O)Nc1cnn(Cc2ccccc2)c1)C(C)C. The van der Waals surface area contributed by atoms with E-state index in [0.717, 1.165) is 5.56 Å². The first-order valence-electron chi connectivity index (χ1n) is 7.18. The summed E-state index contributed by atoms with van der Waals surface area (Å²) in [5.74, 6) is 2.74. The molecule has 2 aromatic rings. The lowest BCUT2D eigenvalue weighted by Gasteiger charge is -2.16. The normalized spacial score (nSPS) is 11.7. The molecule has 0 unspecified atom stereocenters. The molecule has 0 spiro atoms. The van der Waals surface area contributed by atoms with Crippen LogP contribution in [0.15, 0.2) is 42.7 Å². The van der Waals surface area contributed by atoms with Crippen LogP contribution in [-0.4, -0.2) is 21.9 Å². The molecule has 0 bridgehead atoms. The molecule has 0 aliphatic heterocycles. The lowest BCUT2D eigenvalue weighted by atomic mass is 10.1. The first-order valence-corrected chi connectivity index (χ1v) is 7.18. The molecular formula is C17H20N4O. The first kappa shape index (κ1) is 15.6. The number of hydrogen-bond donors (Lipinski definition) is 2. The van der Waals surface area contributed by atoms with E-state index in [2.05, 4.69) is 21.7 Å². The van der Waals surface area contributed by atoms with Gasteiger partial charge in [0.1, 0.15) is 0 Å². The second-order valence-electron chi connectivity index (χ2n) is 5.40. The smallest absolute Gasteiger partial charge is 0.320 e. The number of hydrogen-bond acceptors (Lipinski definition) is 2. The van der Waals surface area contributed by atoms with Gasteiger partial charge in [0.05, 0.1) is 24.5 Å². The molecule has 1 aromatic heterocycles. The van der Waals surface area contributed by atoms with Crippen LogP contribution in [0.4, 0.5) is 10.5 Å². The summed E-state index contributed by atoms with van der Waals surface area (Å²) in [6.07, 6.45) is 8.79. The van der Waals surface area contributed by atoms with Gasteiger partial charge in [0.25, 0.3) is 0 Å². The number of urea groups is 1. The molecule has 1 aromatic carbocycles. The molecule has 22 heavy (non-hydrogen) atoms. The lowest BCUT2D eigenvalue weighted by molar-refractivity contribution is 0.248. The van der Waals surface area contributed by atoms with E-state index < -0.39 is 0 Å². The highest BCUT2D eigenvalue weighted by molar-refractivity contribution is 5.89. The van der Waals surface area contributed by atoms with Gasteiger partial charge in [-0.3, -0.25) is 4.68 Å². The van der Waals surface area contributed by atoms with Crippen LogP contribution < -0.4 is 10.6 Å². The minimum Gasteiger partial charge on any atom is -0.324 e. The maximum absolute atomic E-state index is 11.9. The van der Waals surface area contributed by atoms with Crippen molar-refractivity contribution in [3.8, 4) is 12.3 Å². The van der Waals surface area contributed by atoms with Crippen LogP contribution in [0, 0.1) is 18.3 Å². The van der Waals surface area contributed by atoms with Crippen molar-refractivity contribution in [3.63, 3.8) is 0 Å². The quantitative estimate of drug-likeness (QED) is 0.833. The number of nitrogens with one attached hydrogen (secondary N) is 2. The maximum Gasteiger partial charge on any atom is 0.320 e. The van der Waals surface area contributed by atoms with Gasteiger partial charge < -0.3 is 10.6 Å². The average molecular weight is 296 g/mol.